The second-order valence-electron chi connectivity index (χ2n) is 11.2. The lowest BCUT2D eigenvalue weighted by molar-refractivity contribution is 0.0953. The molecule has 4 aromatic rings. The quantitative estimate of drug-likeness (QED) is 0.168. The number of nitrogens with zero attached hydrogens (tertiary/aromatic N) is 2. The Kier molecular flexibility index (Phi) is 14.6. The van der Waals surface area contributed by atoms with Crippen molar-refractivity contribution in [1.82, 2.24) is 15.5 Å². The third kappa shape index (κ3) is 10.9. The maximum Gasteiger partial charge on any atom is 0.323 e. The number of urea groups is 1. The summed E-state index contributed by atoms with van der Waals surface area (Å²) >= 11 is 0. The van der Waals surface area contributed by atoms with Crippen molar-refractivity contribution in [3.63, 3.8) is 0 Å². The number of nitriles is 1. The van der Waals surface area contributed by atoms with Gasteiger partial charge in [0.2, 0.25) is 0 Å². The van der Waals surface area contributed by atoms with Gasteiger partial charge in [-0.15, -0.1) is 12.4 Å². The van der Waals surface area contributed by atoms with E-state index in [4.69, 9.17) is 5.26 Å². The van der Waals surface area contributed by atoms with Crippen LogP contribution in [0.4, 0.5) is 20.6 Å². The van der Waals surface area contributed by atoms with Crippen LogP contribution in [0.2, 0.25) is 0 Å². The lowest BCUT2D eigenvalue weighted by Crippen LogP contribution is -2.35. The Morgan fingerprint density at radius 3 is 2.15 bits per heavy atom. The molecular formula is C37H40ClFN6O3. The number of carbonyl (C=O) groups excluding carboxylic acids is 3. The van der Waals surface area contributed by atoms with E-state index in [0.29, 0.717) is 40.5 Å². The number of benzene rings is 4. The molecule has 0 spiro atoms. The first kappa shape index (κ1) is 37.2. The predicted octanol–water partition coefficient (Wildman–Crippen LogP) is 6.62. The van der Waals surface area contributed by atoms with E-state index in [9.17, 15) is 18.8 Å². The molecule has 0 bridgehead atoms. The van der Waals surface area contributed by atoms with Crippen LogP contribution in [0.5, 0.6) is 0 Å². The molecule has 1 saturated heterocycles. The number of carbonyl (C=O) groups is 3. The highest BCUT2D eigenvalue weighted by molar-refractivity contribution is 6.03. The summed E-state index contributed by atoms with van der Waals surface area (Å²) < 4.78 is 13.2. The SMILES string of the molecule is CNC(=O)c1cccc(NC(=O)Nc2cccc(C#N)c2)c1CN1CCC(Cc2ccc(F)cc2)CC1.CNC(=O)c1ccccc1.Cl. The van der Waals surface area contributed by atoms with E-state index in [0.717, 1.165) is 43.5 Å². The molecule has 1 fully saturated rings. The fourth-order valence-electron chi connectivity index (χ4n) is 5.43. The lowest BCUT2D eigenvalue weighted by Gasteiger charge is -2.33. The van der Waals surface area contributed by atoms with Crippen LogP contribution < -0.4 is 21.3 Å². The van der Waals surface area contributed by atoms with Gasteiger partial charge in [-0.2, -0.15) is 5.26 Å². The number of amides is 4. The number of anilines is 2. The van der Waals surface area contributed by atoms with Gasteiger partial charge in [0.25, 0.3) is 11.8 Å². The Labute approximate surface area is 287 Å². The first-order valence-corrected chi connectivity index (χ1v) is 15.5. The fraction of sp³-hybridized carbons (Fsp3) is 0.243. The van der Waals surface area contributed by atoms with Gasteiger partial charge in [0, 0.05) is 48.7 Å². The molecule has 4 amide bonds. The largest absolute Gasteiger partial charge is 0.355 e. The maximum absolute atomic E-state index is 13.2. The van der Waals surface area contributed by atoms with E-state index >= 15 is 0 Å². The molecule has 5 rings (SSSR count). The molecule has 0 aliphatic carbocycles. The van der Waals surface area contributed by atoms with E-state index in [2.05, 4.69) is 32.2 Å². The van der Waals surface area contributed by atoms with E-state index < -0.39 is 6.03 Å². The number of hydrogen-bond acceptors (Lipinski definition) is 5. The highest BCUT2D eigenvalue weighted by Gasteiger charge is 2.23. The summed E-state index contributed by atoms with van der Waals surface area (Å²) in [4.78, 5) is 38.6. The Bertz CT molecular complexity index is 1700. The van der Waals surface area contributed by atoms with Crippen LogP contribution in [0.1, 0.15) is 50.2 Å². The predicted molar refractivity (Wildman–Crippen MR) is 189 cm³/mol. The maximum atomic E-state index is 13.2. The van der Waals surface area contributed by atoms with Crippen LogP contribution in [-0.2, 0) is 13.0 Å². The van der Waals surface area contributed by atoms with Gasteiger partial charge >= 0.3 is 6.03 Å². The van der Waals surface area contributed by atoms with Crippen molar-refractivity contribution in [3.8, 4) is 6.07 Å². The second-order valence-corrected chi connectivity index (χ2v) is 11.2. The molecule has 0 saturated carbocycles. The highest BCUT2D eigenvalue weighted by atomic mass is 35.5. The first-order chi connectivity index (χ1) is 22.8. The van der Waals surface area contributed by atoms with Gasteiger partial charge in [0.15, 0.2) is 0 Å². The average molecular weight is 671 g/mol. The number of nitrogens with one attached hydrogen (secondary N) is 4. The summed E-state index contributed by atoms with van der Waals surface area (Å²) in [6.45, 7) is 2.24. The fourth-order valence-corrected chi connectivity index (χ4v) is 5.43. The number of piperidine rings is 1. The number of rotatable bonds is 8. The van der Waals surface area contributed by atoms with Crippen molar-refractivity contribution >= 4 is 41.6 Å². The summed E-state index contributed by atoms with van der Waals surface area (Å²) in [6.07, 6.45) is 2.92. The Hall–Kier alpha value is -5.24. The van der Waals surface area contributed by atoms with Crippen molar-refractivity contribution < 1.29 is 18.8 Å². The molecule has 48 heavy (non-hydrogen) atoms. The molecule has 0 radical (unpaired) electrons. The van der Waals surface area contributed by atoms with E-state index in [-0.39, 0.29) is 30.0 Å². The Morgan fingerprint density at radius 2 is 1.50 bits per heavy atom. The molecule has 11 heteroatoms. The topological polar surface area (TPSA) is 126 Å². The normalized spacial score (nSPS) is 12.6. The molecule has 4 N–H and O–H groups in total. The van der Waals surface area contributed by atoms with Crippen LogP contribution >= 0.6 is 12.4 Å². The molecule has 4 aromatic carbocycles. The molecule has 1 aliphatic heterocycles. The minimum atomic E-state index is -0.455. The zero-order valence-electron chi connectivity index (χ0n) is 27.0. The van der Waals surface area contributed by atoms with E-state index in [1.807, 2.05) is 30.3 Å². The highest BCUT2D eigenvalue weighted by Crippen LogP contribution is 2.27. The molecule has 0 aromatic heterocycles. The summed E-state index contributed by atoms with van der Waals surface area (Å²) in [5, 5.41) is 20.0. The van der Waals surface area contributed by atoms with Crippen LogP contribution in [0.15, 0.2) is 97.1 Å². The van der Waals surface area contributed by atoms with Gasteiger partial charge in [0.1, 0.15) is 5.82 Å². The van der Waals surface area contributed by atoms with Crippen LogP contribution in [-0.4, -0.2) is 49.9 Å². The first-order valence-electron chi connectivity index (χ1n) is 15.5. The monoisotopic (exact) mass is 670 g/mol. The third-order valence-corrected chi connectivity index (χ3v) is 7.93. The Balaban J connectivity index is 0.000000487. The van der Waals surface area contributed by atoms with Gasteiger partial charge in [-0.25, -0.2) is 9.18 Å². The van der Waals surface area contributed by atoms with Crippen molar-refractivity contribution in [1.29, 1.82) is 5.26 Å². The minimum absolute atomic E-state index is 0. The van der Waals surface area contributed by atoms with Crippen LogP contribution in [0, 0.1) is 23.1 Å². The number of halogens is 2. The van der Waals surface area contributed by atoms with Crippen molar-refractivity contribution in [2.75, 3.05) is 37.8 Å². The van der Waals surface area contributed by atoms with Crippen molar-refractivity contribution in [3.05, 3.63) is 131 Å². The molecule has 0 unspecified atom stereocenters. The van der Waals surface area contributed by atoms with Gasteiger partial charge in [0.05, 0.1) is 11.6 Å². The van der Waals surface area contributed by atoms with E-state index in [1.165, 1.54) is 12.1 Å². The number of likely N-dealkylation sites (tertiary alicyclic amines) is 1. The van der Waals surface area contributed by atoms with Crippen molar-refractivity contribution in [2.24, 2.45) is 5.92 Å². The average Bonchev–Trinajstić information content (AvgIpc) is 3.10. The second kappa shape index (κ2) is 18.8. The molecule has 1 heterocycles. The summed E-state index contributed by atoms with van der Waals surface area (Å²) in [5.74, 6) is 0.0400. The standard InChI is InChI=1S/C29H30FN5O2.C8H9NO.ClH/c1-32-28(36)25-6-3-7-27(34-29(37)33-24-5-2-4-22(17-24)18-31)26(25)19-35-14-12-21(13-15-35)16-20-8-10-23(30)11-9-20;1-9-8(10)7-5-3-2-4-6-7;/h2-11,17,21H,12-16,19H2,1H3,(H,32,36)(H2,33,34,37);2-6H,1H3,(H,9,10);1H. The third-order valence-electron chi connectivity index (χ3n) is 7.93. The summed E-state index contributed by atoms with van der Waals surface area (Å²) in [6, 6.07) is 29.4. The van der Waals surface area contributed by atoms with Gasteiger partial charge in [-0.05, 0) is 98.4 Å². The Morgan fingerprint density at radius 1 is 0.833 bits per heavy atom. The molecule has 0 atom stereocenters. The van der Waals surface area contributed by atoms with Gasteiger partial charge < -0.3 is 21.3 Å². The summed E-state index contributed by atoms with van der Waals surface area (Å²) in [7, 11) is 3.21. The van der Waals surface area contributed by atoms with Gasteiger partial charge in [-0.3, -0.25) is 14.5 Å². The van der Waals surface area contributed by atoms with E-state index in [1.54, 1.807) is 68.7 Å². The van der Waals surface area contributed by atoms with Crippen LogP contribution in [0.25, 0.3) is 0 Å². The van der Waals surface area contributed by atoms with Crippen molar-refractivity contribution in [2.45, 2.75) is 25.8 Å². The van der Waals surface area contributed by atoms with Gasteiger partial charge in [-0.1, -0.05) is 42.5 Å². The molecule has 250 valence electrons. The summed E-state index contributed by atoms with van der Waals surface area (Å²) in [5.41, 5.74) is 4.61. The molecule has 9 nitrogen and oxygen atoms in total. The van der Waals surface area contributed by atoms with Crippen LogP contribution in [0.3, 0.4) is 0 Å². The number of hydrogen-bond donors (Lipinski definition) is 4. The lowest BCUT2D eigenvalue weighted by atomic mass is 9.90. The minimum Gasteiger partial charge on any atom is -0.355 e. The molecular weight excluding hydrogens is 631 g/mol. The smallest absolute Gasteiger partial charge is 0.323 e. The zero-order valence-corrected chi connectivity index (χ0v) is 27.8. The zero-order chi connectivity index (χ0) is 33.6. The molecule has 1 aliphatic rings.